The third-order valence-electron chi connectivity index (χ3n) is 2.76. The zero-order valence-electron chi connectivity index (χ0n) is 11.0. The molecular weight excluding hydrogens is 280 g/mol. The second-order valence-electron chi connectivity index (χ2n) is 4.38. The van der Waals surface area contributed by atoms with Crippen molar-refractivity contribution in [3.05, 3.63) is 17.8 Å². The van der Waals surface area contributed by atoms with Gasteiger partial charge < -0.3 is 10.8 Å². The number of imidazole rings is 1. The summed E-state index contributed by atoms with van der Waals surface area (Å²) in [5, 5.41) is 9.19. The molecule has 0 aromatic carbocycles. The number of nitrogens with two attached hydrogens (primary N) is 1. The third kappa shape index (κ3) is 2.74. The maximum atomic E-state index is 11.4. The Morgan fingerprint density at radius 3 is 2.85 bits per heavy atom. The number of aliphatic carboxylic acids is 1. The zero-order chi connectivity index (χ0) is 14.9. The van der Waals surface area contributed by atoms with Crippen LogP contribution in [0.2, 0.25) is 0 Å². The van der Waals surface area contributed by atoms with Crippen molar-refractivity contribution in [2.45, 2.75) is 25.0 Å². The first-order chi connectivity index (χ1) is 9.40. The minimum absolute atomic E-state index is 0.145. The Morgan fingerprint density at radius 1 is 1.55 bits per heavy atom. The van der Waals surface area contributed by atoms with Crippen molar-refractivity contribution < 1.29 is 14.7 Å². The summed E-state index contributed by atoms with van der Waals surface area (Å²) in [5.74, 6) is -1.62. The molecule has 0 fully saturated rings. The van der Waals surface area contributed by atoms with Crippen molar-refractivity contribution in [3.63, 3.8) is 0 Å². The molecule has 2 aromatic heterocycles. The number of hydrogen-bond donors (Lipinski definition) is 2. The molecule has 0 saturated carbocycles. The van der Waals surface area contributed by atoms with E-state index in [9.17, 15) is 9.59 Å². The van der Waals surface area contributed by atoms with Crippen LogP contribution in [0.1, 0.15) is 18.5 Å². The van der Waals surface area contributed by atoms with E-state index < -0.39 is 17.9 Å². The minimum Gasteiger partial charge on any atom is -0.481 e. The Kier molecular flexibility index (Phi) is 3.93. The Hall–Kier alpha value is -2.09. The predicted molar refractivity (Wildman–Crippen MR) is 74.5 cm³/mol. The highest BCUT2D eigenvalue weighted by molar-refractivity contribution is 7.99. The quantitative estimate of drug-likeness (QED) is 0.795. The van der Waals surface area contributed by atoms with Crippen molar-refractivity contribution in [3.8, 4) is 0 Å². The number of fused-ring (bicyclic) bond motifs is 1. The van der Waals surface area contributed by atoms with Crippen molar-refractivity contribution in [2.75, 3.05) is 5.75 Å². The summed E-state index contributed by atoms with van der Waals surface area (Å²) < 4.78 is 1.57. The summed E-state index contributed by atoms with van der Waals surface area (Å²) in [5.41, 5.74) is 7.41. The summed E-state index contributed by atoms with van der Waals surface area (Å²) in [6.07, 6.45) is 1.67. The van der Waals surface area contributed by atoms with Gasteiger partial charge in [-0.15, -0.1) is 0 Å². The lowest BCUT2D eigenvalue weighted by atomic mass is 10.3. The van der Waals surface area contributed by atoms with Gasteiger partial charge in [0.25, 0.3) is 0 Å². The number of aryl methyl sites for hydroxylation is 1. The van der Waals surface area contributed by atoms with Gasteiger partial charge in [-0.25, -0.2) is 9.97 Å². The average molecular weight is 294 g/mol. The second kappa shape index (κ2) is 5.49. The van der Waals surface area contributed by atoms with E-state index in [2.05, 4.69) is 9.97 Å². The van der Waals surface area contributed by atoms with E-state index in [1.165, 1.54) is 0 Å². The monoisotopic (exact) mass is 294 g/mol. The number of thioether (sulfide) groups is 1. The van der Waals surface area contributed by atoms with Gasteiger partial charge in [0.05, 0.1) is 5.75 Å². The molecule has 20 heavy (non-hydrogen) atoms. The minimum atomic E-state index is -0.954. The number of primary amides is 1. The molecule has 7 nitrogen and oxygen atoms in total. The van der Waals surface area contributed by atoms with E-state index in [4.69, 9.17) is 10.8 Å². The zero-order valence-corrected chi connectivity index (χ0v) is 11.8. The highest BCUT2D eigenvalue weighted by Gasteiger charge is 2.21. The maximum Gasteiger partial charge on any atom is 0.313 e. The van der Waals surface area contributed by atoms with Crippen LogP contribution in [0.3, 0.4) is 0 Å². The van der Waals surface area contributed by atoms with Crippen molar-refractivity contribution >= 4 is 34.8 Å². The molecule has 2 rings (SSSR count). The Morgan fingerprint density at radius 2 is 2.25 bits per heavy atom. The Balaban J connectivity index is 2.56. The summed E-state index contributed by atoms with van der Waals surface area (Å²) >= 11 is 1.04. The van der Waals surface area contributed by atoms with Crippen LogP contribution >= 0.6 is 11.8 Å². The highest BCUT2D eigenvalue weighted by atomic mass is 32.2. The van der Waals surface area contributed by atoms with E-state index in [-0.39, 0.29) is 5.75 Å². The molecule has 8 heteroatoms. The SMILES string of the molecule is Cc1cnc2c(c1)nc(SCC(=O)O)n2C(C)C(N)=O. The lowest BCUT2D eigenvalue weighted by molar-refractivity contribution is -0.133. The van der Waals surface area contributed by atoms with Crippen molar-refractivity contribution in [1.29, 1.82) is 0 Å². The lowest BCUT2D eigenvalue weighted by Gasteiger charge is -2.12. The standard InChI is InChI=1S/C12H14N4O3S/c1-6-3-8-11(14-4-6)16(7(2)10(13)19)12(15-8)20-5-9(17)18/h3-4,7H,5H2,1-2H3,(H2,13,19)(H,17,18). The van der Waals surface area contributed by atoms with Crippen LogP contribution < -0.4 is 5.73 Å². The molecule has 0 aliphatic heterocycles. The van der Waals surface area contributed by atoms with Gasteiger partial charge in [-0.05, 0) is 25.5 Å². The normalized spacial score (nSPS) is 12.5. The molecule has 2 heterocycles. The number of carbonyl (C=O) groups is 2. The molecule has 0 bridgehead atoms. The molecule has 2 aromatic rings. The van der Waals surface area contributed by atoms with E-state index >= 15 is 0 Å². The van der Waals surface area contributed by atoms with Crippen LogP contribution in [-0.2, 0) is 9.59 Å². The van der Waals surface area contributed by atoms with Gasteiger partial charge in [0.1, 0.15) is 11.6 Å². The molecular formula is C12H14N4O3S. The van der Waals surface area contributed by atoms with Gasteiger partial charge in [0.15, 0.2) is 10.8 Å². The van der Waals surface area contributed by atoms with Crippen molar-refractivity contribution in [2.24, 2.45) is 5.73 Å². The van der Waals surface area contributed by atoms with Gasteiger partial charge in [-0.3, -0.25) is 14.2 Å². The Labute approximate surface area is 119 Å². The van der Waals surface area contributed by atoms with Crippen molar-refractivity contribution in [1.82, 2.24) is 14.5 Å². The largest absolute Gasteiger partial charge is 0.481 e. The Bertz CT molecular complexity index is 683. The van der Waals surface area contributed by atoms with Gasteiger partial charge in [-0.2, -0.15) is 0 Å². The van der Waals surface area contributed by atoms with Gasteiger partial charge in [0, 0.05) is 6.20 Å². The first-order valence-electron chi connectivity index (χ1n) is 5.88. The molecule has 0 spiro atoms. The molecule has 0 saturated heterocycles. The van der Waals surface area contributed by atoms with Gasteiger partial charge in [-0.1, -0.05) is 11.8 Å². The maximum absolute atomic E-state index is 11.4. The van der Waals surface area contributed by atoms with E-state index in [0.717, 1.165) is 17.3 Å². The number of hydrogen-bond acceptors (Lipinski definition) is 5. The molecule has 0 aliphatic rings. The highest BCUT2D eigenvalue weighted by Crippen LogP contribution is 2.27. The third-order valence-corrected chi connectivity index (χ3v) is 3.70. The number of carbonyl (C=O) groups excluding carboxylic acids is 1. The number of carboxylic acids is 1. The summed E-state index contributed by atoms with van der Waals surface area (Å²) in [6.45, 7) is 3.52. The fourth-order valence-electron chi connectivity index (χ4n) is 1.77. The summed E-state index contributed by atoms with van der Waals surface area (Å²) in [7, 11) is 0. The number of carboxylic acid groups (broad SMARTS) is 1. The fourth-order valence-corrected chi connectivity index (χ4v) is 2.57. The van der Waals surface area contributed by atoms with E-state index in [1.807, 2.05) is 13.0 Å². The molecule has 106 valence electrons. The van der Waals surface area contributed by atoms with E-state index in [1.54, 1.807) is 17.7 Å². The predicted octanol–water partition coefficient (Wildman–Crippen LogP) is 0.963. The number of rotatable bonds is 5. The molecule has 1 atom stereocenters. The number of pyridine rings is 1. The molecule has 0 aliphatic carbocycles. The average Bonchev–Trinajstić information content (AvgIpc) is 2.72. The van der Waals surface area contributed by atoms with Crippen LogP contribution in [0.15, 0.2) is 17.4 Å². The smallest absolute Gasteiger partial charge is 0.313 e. The number of aromatic nitrogens is 3. The number of nitrogens with zero attached hydrogens (tertiary/aromatic N) is 3. The molecule has 3 N–H and O–H groups in total. The topological polar surface area (TPSA) is 111 Å². The summed E-state index contributed by atoms with van der Waals surface area (Å²) in [4.78, 5) is 30.7. The van der Waals surface area contributed by atoms with Gasteiger partial charge >= 0.3 is 5.97 Å². The molecule has 0 radical (unpaired) electrons. The van der Waals surface area contributed by atoms with Crippen LogP contribution in [0.25, 0.3) is 11.2 Å². The van der Waals surface area contributed by atoms with Crippen LogP contribution in [0.4, 0.5) is 0 Å². The fraction of sp³-hybridized carbons (Fsp3) is 0.333. The lowest BCUT2D eigenvalue weighted by Crippen LogP contribution is -2.24. The number of amides is 1. The first-order valence-corrected chi connectivity index (χ1v) is 6.87. The molecule has 1 unspecified atom stereocenters. The van der Waals surface area contributed by atoms with Gasteiger partial charge in [0.2, 0.25) is 5.91 Å². The molecule has 1 amide bonds. The second-order valence-corrected chi connectivity index (χ2v) is 5.32. The van der Waals surface area contributed by atoms with Crippen LogP contribution in [-0.4, -0.2) is 37.3 Å². The van der Waals surface area contributed by atoms with Crippen LogP contribution in [0, 0.1) is 6.92 Å². The summed E-state index contributed by atoms with van der Waals surface area (Å²) in [6, 6.07) is 1.18. The first kappa shape index (κ1) is 14.3. The van der Waals surface area contributed by atoms with Crippen LogP contribution in [0.5, 0.6) is 0 Å². The van der Waals surface area contributed by atoms with E-state index in [0.29, 0.717) is 16.3 Å².